The average molecular weight is 266 g/mol. The van der Waals surface area contributed by atoms with E-state index in [1.54, 1.807) is 0 Å². The average Bonchev–Trinajstić information content (AvgIpc) is 2.37. The van der Waals surface area contributed by atoms with Gasteiger partial charge in [0.2, 0.25) is 11.8 Å². The molecular formula is C11H18N6O2. The van der Waals surface area contributed by atoms with Crippen LogP contribution in [0.25, 0.3) is 0 Å². The highest BCUT2D eigenvalue weighted by molar-refractivity contribution is 5.58. The van der Waals surface area contributed by atoms with Gasteiger partial charge in [0, 0.05) is 19.6 Å². The molecule has 2 N–H and O–H groups in total. The number of nitrogens with zero attached hydrogens (tertiary/aromatic N) is 5. The van der Waals surface area contributed by atoms with Crippen molar-refractivity contribution < 1.29 is 4.92 Å². The van der Waals surface area contributed by atoms with Gasteiger partial charge in [-0.1, -0.05) is 0 Å². The van der Waals surface area contributed by atoms with Crippen LogP contribution < -0.4 is 10.6 Å². The first-order valence-electron chi connectivity index (χ1n) is 6.17. The van der Waals surface area contributed by atoms with E-state index >= 15 is 0 Å². The van der Waals surface area contributed by atoms with E-state index in [9.17, 15) is 10.1 Å². The molecule has 0 saturated carbocycles. The Hall–Kier alpha value is -1.96. The van der Waals surface area contributed by atoms with Gasteiger partial charge in [-0.05, 0) is 26.4 Å². The monoisotopic (exact) mass is 266 g/mol. The third kappa shape index (κ3) is 2.90. The molecule has 1 aliphatic heterocycles. The van der Waals surface area contributed by atoms with Crippen LogP contribution in [0.2, 0.25) is 0 Å². The molecule has 8 nitrogen and oxygen atoms in total. The number of nitrogen functional groups attached to an aromatic ring is 1. The molecule has 1 fully saturated rings. The second-order valence-corrected chi connectivity index (χ2v) is 4.86. The molecule has 0 aliphatic carbocycles. The fraction of sp³-hybridized carbons (Fsp3) is 0.636. The Kier molecular flexibility index (Phi) is 3.79. The van der Waals surface area contributed by atoms with Gasteiger partial charge >= 0.3 is 5.69 Å². The van der Waals surface area contributed by atoms with Crippen LogP contribution in [0, 0.1) is 10.1 Å². The molecule has 104 valence electrons. The van der Waals surface area contributed by atoms with Crippen LogP contribution in [0.3, 0.4) is 0 Å². The third-order valence-corrected chi connectivity index (χ3v) is 3.45. The van der Waals surface area contributed by atoms with Crippen LogP contribution in [-0.2, 0) is 0 Å². The van der Waals surface area contributed by atoms with Crippen molar-refractivity contribution in [3.05, 3.63) is 16.3 Å². The first-order valence-corrected chi connectivity index (χ1v) is 6.17. The second kappa shape index (κ2) is 5.35. The zero-order chi connectivity index (χ0) is 14.0. The fourth-order valence-electron chi connectivity index (χ4n) is 2.40. The van der Waals surface area contributed by atoms with Gasteiger partial charge in [0.15, 0.2) is 0 Å². The lowest BCUT2D eigenvalue weighted by molar-refractivity contribution is -0.384. The lowest BCUT2D eigenvalue weighted by Gasteiger charge is -2.36. The molecule has 0 radical (unpaired) electrons. The Bertz CT molecular complexity index is 480. The molecule has 8 heteroatoms. The number of piperidine rings is 1. The van der Waals surface area contributed by atoms with Crippen molar-refractivity contribution in [1.29, 1.82) is 0 Å². The van der Waals surface area contributed by atoms with Gasteiger partial charge < -0.3 is 15.5 Å². The van der Waals surface area contributed by atoms with Gasteiger partial charge in [-0.15, -0.1) is 0 Å². The molecule has 1 aromatic rings. The summed E-state index contributed by atoms with van der Waals surface area (Å²) < 4.78 is 0. The van der Waals surface area contributed by atoms with Crippen LogP contribution in [0.4, 0.5) is 17.5 Å². The molecule has 1 aromatic heterocycles. The van der Waals surface area contributed by atoms with Crippen molar-refractivity contribution >= 4 is 17.5 Å². The standard InChI is InChI=1S/C11H18N6O2/c1-15-5-3-4-8(7-15)16(2)10-9(17(18)19)6-13-11(12)14-10/h6,8H,3-5,7H2,1-2H3,(H2,12,13,14). The highest BCUT2D eigenvalue weighted by Gasteiger charge is 2.27. The van der Waals surface area contributed by atoms with Crippen molar-refractivity contribution in [1.82, 2.24) is 14.9 Å². The predicted octanol–water partition coefficient (Wildman–Crippen LogP) is 0.497. The molecule has 0 amide bonds. The van der Waals surface area contributed by atoms with Crippen LogP contribution in [0.15, 0.2) is 6.20 Å². The minimum atomic E-state index is -0.474. The van der Waals surface area contributed by atoms with E-state index in [0.717, 1.165) is 25.9 Å². The summed E-state index contributed by atoms with van der Waals surface area (Å²) in [4.78, 5) is 22.3. The van der Waals surface area contributed by atoms with E-state index in [1.807, 2.05) is 19.0 Å². The van der Waals surface area contributed by atoms with Gasteiger partial charge in [-0.2, -0.15) is 4.98 Å². The van der Waals surface area contributed by atoms with Crippen LogP contribution in [-0.4, -0.2) is 53.0 Å². The Labute approximate surface area is 111 Å². The number of likely N-dealkylation sites (tertiary alicyclic amines) is 1. The van der Waals surface area contributed by atoms with E-state index in [1.165, 1.54) is 6.20 Å². The SMILES string of the molecule is CN1CCCC(N(C)c2nc(N)ncc2[N+](=O)[O-])C1. The number of hydrogen-bond acceptors (Lipinski definition) is 7. The quantitative estimate of drug-likeness (QED) is 0.627. The summed E-state index contributed by atoms with van der Waals surface area (Å²) in [6.45, 7) is 1.91. The third-order valence-electron chi connectivity index (χ3n) is 3.45. The maximum atomic E-state index is 11.0. The Morgan fingerprint density at radius 2 is 2.37 bits per heavy atom. The molecular weight excluding hydrogens is 248 g/mol. The molecule has 19 heavy (non-hydrogen) atoms. The largest absolute Gasteiger partial charge is 0.368 e. The number of hydrogen-bond donors (Lipinski definition) is 1. The zero-order valence-electron chi connectivity index (χ0n) is 11.1. The topological polar surface area (TPSA) is 101 Å². The Morgan fingerprint density at radius 3 is 3.00 bits per heavy atom. The molecule has 0 spiro atoms. The molecule has 1 atom stereocenters. The number of likely N-dealkylation sites (N-methyl/N-ethyl adjacent to an activating group) is 2. The summed E-state index contributed by atoms with van der Waals surface area (Å²) in [5, 5.41) is 11.0. The van der Waals surface area contributed by atoms with Gasteiger partial charge in [0.1, 0.15) is 6.20 Å². The molecule has 2 heterocycles. The number of nitrogens with two attached hydrogens (primary N) is 1. The Balaban J connectivity index is 2.29. The normalized spacial score (nSPS) is 20.2. The first kappa shape index (κ1) is 13.5. The van der Waals surface area contributed by atoms with Crippen molar-refractivity contribution in [2.75, 3.05) is 37.8 Å². The summed E-state index contributed by atoms with van der Waals surface area (Å²) in [7, 11) is 3.86. The highest BCUT2D eigenvalue weighted by Crippen LogP contribution is 2.28. The van der Waals surface area contributed by atoms with E-state index < -0.39 is 4.92 Å². The van der Waals surface area contributed by atoms with Crippen molar-refractivity contribution in [2.24, 2.45) is 0 Å². The van der Waals surface area contributed by atoms with E-state index in [-0.39, 0.29) is 23.5 Å². The summed E-state index contributed by atoms with van der Waals surface area (Å²) in [5.74, 6) is 0.342. The number of aromatic nitrogens is 2. The molecule has 1 saturated heterocycles. The summed E-state index contributed by atoms with van der Waals surface area (Å²) in [6.07, 6.45) is 3.22. The molecule has 0 bridgehead atoms. The number of nitro groups is 1. The summed E-state index contributed by atoms with van der Waals surface area (Å²) in [5.41, 5.74) is 5.43. The van der Waals surface area contributed by atoms with Crippen LogP contribution in [0.1, 0.15) is 12.8 Å². The van der Waals surface area contributed by atoms with E-state index in [4.69, 9.17) is 5.73 Å². The summed E-state index contributed by atoms with van der Waals surface area (Å²) in [6, 6.07) is 0.201. The first-order chi connectivity index (χ1) is 8.99. The van der Waals surface area contributed by atoms with E-state index in [2.05, 4.69) is 14.9 Å². The molecule has 1 unspecified atom stereocenters. The maximum absolute atomic E-state index is 11.0. The van der Waals surface area contributed by atoms with Gasteiger partial charge in [-0.3, -0.25) is 10.1 Å². The van der Waals surface area contributed by atoms with Gasteiger partial charge in [0.25, 0.3) is 0 Å². The molecule has 0 aromatic carbocycles. The fourth-order valence-corrected chi connectivity index (χ4v) is 2.40. The highest BCUT2D eigenvalue weighted by atomic mass is 16.6. The minimum absolute atomic E-state index is 0.0524. The lowest BCUT2D eigenvalue weighted by Crippen LogP contribution is -2.45. The summed E-state index contributed by atoms with van der Waals surface area (Å²) >= 11 is 0. The smallest absolute Gasteiger partial charge is 0.329 e. The molecule has 1 aliphatic rings. The lowest BCUT2D eigenvalue weighted by atomic mass is 10.1. The van der Waals surface area contributed by atoms with Crippen molar-refractivity contribution in [2.45, 2.75) is 18.9 Å². The zero-order valence-corrected chi connectivity index (χ0v) is 11.1. The minimum Gasteiger partial charge on any atom is -0.368 e. The molecule has 2 rings (SSSR count). The maximum Gasteiger partial charge on any atom is 0.329 e. The van der Waals surface area contributed by atoms with Gasteiger partial charge in [0.05, 0.1) is 4.92 Å². The second-order valence-electron chi connectivity index (χ2n) is 4.86. The van der Waals surface area contributed by atoms with E-state index in [0.29, 0.717) is 0 Å². The van der Waals surface area contributed by atoms with Crippen molar-refractivity contribution in [3.63, 3.8) is 0 Å². The predicted molar refractivity (Wildman–Crippen MR) is 72.0 cm³/mol. The van der Waals surface area contributed by atoms with Gasteiger partial charge in [-0.25, -0.2) is 4.98 Å². The Morgan fingerprint density at radius 1 is 1.63 bits per heavy atom. The number of rotatable bonds is 3. The van der Waals surface area contributed by atoms with Crippen molar-refractivity contribution in [3.8, 4) is 0 Å². The number of anilines is 2. The van der Waals surface area contributed by atoms with Crippen LogP contribution >= 0.6 is 0 Å². The van der Waals surface area contributed by atoms with Crippen LogP contribution in [0.5, 0.6) is 0 Å².